The van der Waals surface area contributed by atoms with Crippen LogP contribution in [-0.4, -0.2) is 79.2 Å². The number of rotatable bonds is 9. The number of benzene rings is 2. The highest BCUT2D eigenvalue weighted by molar-refractivity contribution is 6.07. The third-order valence-corrected chi connectivity index (χ3v) is 7.77. The van der Waals surface area contributed by atoms with Gasteiger partial charge in [0.25, 0.3) is 5.91 Å². The molecule has 5 rings (SSSR count). The van der Waals surface area contributed by atoms with Gasteiger partial charge in [-0.05, 0) is 47.7 Å². The minimum absolute atomic E-state index is 0.105. The summed E-state index contributed by atoms with van der Waals surface area (Å²) in [6, 6.07) is 15.9. The van der Waals surface area contributed by atoms with Crippen molar-refractivity contribution in [1.82, 2.24) is 14.7 Å². The van der Waals surface area contributed by atoms with Gasteiger partial charge >= 0.3 is 6.03 Å². The zero-order valence-electron chi connectivity index (χ0n) is 21.6. The molecule has 2 aromatic carbocycles. The Hall–Kier alpha value is -3.36. The summed E-state index contributed by atoms with van der Waals surface area (Å²) in [5.74, 6) is 0.902. The standard InChI is InChI=1S/C29H35N3O5/c1-35-16-14-32-28(34)31(20-23-6-4-8-26(18-23)36-2)27(33)29(32)10-12-30(13-11-29)19-22-5-3-7-24(17-22)25-9-15-37-21-25/h3-9,15,17-18,25H,10-14,16,19-21H2,1-2H3. The van der Waals surface area contributed by atoms with Crippen molar-refractivity contribution in [2.75, 3.05) is 47.1 Å². The van der Waals surface area contributed by atoms with E-state index in [0.29, 0.717) is 44.3 Å². The van der Waals surface area contributed by atoms with Crippen molar-refractivity contribution in [2.24, 2.45) is 0 Å². The molecule has 2 fully saturated rings. The minimum Gasteiger partial charge on any atom is -0.501 e. The first-order chi connectivity index (χ1) is 18.0. The smallest absolute Gasteiger partial charge is 0.328 e. The molecule has 0 aromatic heterocycles. The largest absolute Gasteiger partial charge is 0.501 e. The van der Waals surface area contributed by atoms with Gasteiger partial charge < -0.3 is 19.1 Å². The Bertz CT molecular complexity index is 1160. The van der Waals surface area contributed by atoms with E-state index in [1.807, 2.05) is 24.3 Å². The number of piperidine rings is 1. The molecule has 37 heavy (non-hydrogen) atoms. The molecule has 0 radical (unpaired) electrons. The molecule has 0 N–H and O–H groups in total. The predicted molar refractivity (Wildman–Crippen MR) is 139 cm³/mol. The van der Waals surface area contributed by atoms with Gasteiger partial charge in [-0.2, -0.15) is 0 Å². The highest BCUT2D eigenvalue weighted by atomic mass is 16.5. The van der Waals surface area contributed by atoms with Crippen LogP contribution in [0.25, 0.3) is 0 Å². The third-order valence-electron chi connectivity index (χ3n) is 7.77. The van der Waals surface area contributed by atoms with Gasteiger partial charge in [-0.15, -0.1) is 0 Å². The van der Waals surface area contributed by atoms with E-state index in [1.165, 1.54) is 16.0 Å². The van der Waals surface area contributed by atoms with E-state index in [0.717, 1.165) is 25.2 Å². The van der Waals surface area contributed by atoms with E-state index in [1.54, 1.807) is 25.4 Å². The van der Waals surface area contributed by atoms with Crippen molar-refractivity contribution >= 4 is 11.9 Å². The monoisotopic (exact) mass is 505 g/mol. The summed E-state index contributed by atoms with van der Waals surface area (Å²) in [7, 11) is 3.23. The molecule has 0 saturated carbocycles. The van der Waals surface area contributed by atoms with Crippen LogP contribution < -0.4 is 4.74 Å². The number of urea groups is 1. The highest BCUT2D eigenvalue weighted by Gasteiger charge is 2.57. The van der Waals surface area contributed by atoms with Crippen LogP contribution in [0.2, 0.25) is 0 Å². The Balaban J connectivity index is 1.29. The number of imide groups is 1. The zero-order chi connectivity index (χ0) is 25.8. The average Bonchev–Trinajstić information content (AvgIpc) is 3.53. The van der Waals surface area contributed by atoms with E-state index in [-0.39, 0.29) is 18.5 Å². The van der Waals surface area contributed by atoms with Gasteiger partial charge in [-0.25, -0.2) is 4.79 Å². The maximum absolute atomic E-state index is 13.8. The van der Waals surface area contributed by atoms with Gasteiger partial charge in [0.15, 0.2) is 0 Å². The number of hydrogen-bond donors (Lipinski definition) is 0. The molecule has 0 bridgehead atoms. The summed E-state index contributed by atoms with van der Waals surface area (Å²) in [5.41, 5.74) is 2.55. The SMILES string of the molecule is COCCN1C(=O)N(Cc2cccc(OC)c2)C(=O)C12CCN(Cc1cccc(C3C=COC3)c1)CC2. The van der Waals surface area contributed by atoms with Crippen LogP contribution in [0.4, 0.5) is 4.79 Å². The molecule has 8 heteroatoms. The number of amides is 3. The number of nitrogens with zero attached hydrogens (tertiary/aromatic N) is 3. The number of likely N-dealkylation sites (tertiary alicyclic amines) is 1. The summed E-state index contributed by atoms with van der Waals surface area (Å²) in [4.78, 5) is 32.9. The molecule has 1 spiro atoms. The molecule has 2 aromatic rings. The lowest BCUT2D eigenvalue weighted by molar-refractivity contribution is -0.136. The molecule has 1 atom stereocenters. The summed E-state index contributed by atoms with van der Waals surface area (Å²) in [6.45, 7) is 4.01. The van der Waals surface area contributed by atoms with Crippen molar-refractivity contribution in [3.05, 3.63) is 77.6 Å². The molecule has 8 nitrogen and oxygen atoms in total. The second-order valence-electron chi connectivity index (χ2n) is 9.99. The Morgan fingerprint density at radius 1 is 1.00 bits per heavy atom. The molecule has 0 aliphatic carbocycles. The maximum Gasteiger partial charge on any atom is 0.328 e. The van der Waals surface area contributed by atoms with Crippen molar-refractivity contribution in [3.8, 4) is 5.75 Å². The van der Waals surface area contributed by atoms with E-state index < -0.39 is 5.54 Å². The Kier molecular flexibility index (Phi) is 7.48. The average molecular weight is 506 g/mol. The van der Waals surface area contributed by atoms with Crippen LogP contribution in [0.1, 0.15) is 35.4 Å². The maximum atomic E-state index is 13.8. The molecule has 3 heterocycles. The number of carbonyl (C=O) groups is 2. The molecular formula is C29H35N3O5. The lowest BCUT2D eigenvalue weighted by Gasteiger charge is -2.42. The van der Waals surface area contributed by atoms with Crippen molar-refractivity contribution < 1.29 is 23.8 Å². The summed E-state index contributed by atoms with van der Waals surface area (Å²) >= 11 is 0. The van der Waals surface area contributed by atoms with Gasteiger partial charge in [-0.1, -0.05) is 36.4 Å². The van der Waals surface area contributed by atoms with Gasteiger partial charge in [0.1, 0.15) is 11.3 Å². The first-order valence-corrected chi connectivity index (χ1v) is 12.9. The van der Waals surface area contributed by atoms with Crippen molar-refractivity contribution in [2.45, 2.75) is 37.4 Å². The highest BCUT2D eigenvalue weighted by Crippen LogP contribution is 2.38. The van der Waals surface area contributed by atoms with Gasteiger partial charge in [0, 0.05) is 39.2 Å². The topological polar surface area (TPSA) is 71.6 Å². The number of hydrogen-bond acceptors (Lipinski definition) is 6. The lowest BCUT2D eigenvalue weighted by atomic mass is 9.85. The summed E-state index contributed by atoms with van der Waals surface area (Å²) in [6.07, 6.45) is 5.08. The second kappa shape index (κ2) is 10.9. The molecule has 3 amide bonds. The molecule has 1 unspecified atom stereocenters. The molecule has 196 valence electrons. The third kappa shape index (κ3) is 5.08. The Labute approximate surface area is 218 Å². The Morgan fingerprint density at radius 2 is 1.76 bits per heavy atom. The van der Waals surface area contributed by atoms with Gasteiger partial charge in [0.05, 0.1) is 33.1 Å². The van der Waals surface area contributed by atoms with Crippen LogP contribution in [0.3, 0.4) is 0 Å². The fourth-order valence-electron chi connectivity index (χ4n) is 5.69. The molecular weight excluding hydrogens is 470 g/mol. The number of ether oxygens (including phenoxy) is 3. The lowest BCUT2D eigenvalue weighted by Crippen LogP contribution is -2.57. The van der Waals surface area contributed by atoms with Crippen LogP contribution in [0.5, 0.6) is 5.75 Å². The second-order valence-corrected chi connectivity index (χ2v) is 9.99. The van der Waals surface area contributed by atoms with E-state index in [2.05, 4.69) is 35.2 Å². The van der Waals surface area contributed by atoms with E-state index >= 15 is 0 Å². The normalized spacial score (nSPS) is 21.2. The first kappa shape index (κ1) is 25.3. The zero-order valence-corrected chi connectivity index (χ0v) is 21.6. The summed E-state index contributed by atoms with van der Waals surface area (Å²) < 4.78 is 16.0. The van der Waals surface area contributed by atoms with Crippen LogP contribution in [0.15, 0.2) is 60.9 Å². The molecule has 3 aliphatic heterocycles. The number of methoxy groups -OCH3 is 2. The van der Waals surface area contributed by atoms with E-state index in [4.69, 9.17) is 14.2 Å². The van der Waals surface area contributed by atoms with Crippen molar-refractivity contribution in [1.29, 1.82) is 0 Å². The van der Waals surface area contributed by atoms with Crippen LogP contribution in [0, 0.1) is 0 Å². The predicted octanol–water partition coefficient (Wildman–Crippen LogP) is 3.77. The van der Waals surface area contributed by atoms with Crippen LogP contribution in [-0.2, 0) is 27.4 Å². The minimum atomic E-state index is -0.821. The fraction of sp³-hybridized carbons (Fsp3) is 0.448. The summed E-state index contributed by atoms with van der Waals surface area (Å²) in [5, 5.41) is 0. The fourth-order valence-corrected chi connectivity index (χ4v) is 5.69. The van der Waals surface area contributed by atoms with Crippen LogP contribution >= 0.6 is 0 Å². The quantitative estimate of drug-likeness (QED) is 0.483. The molecule has 3 aliphatic rings. The van der Waals surface area contributed by atoms with E-state index in [9.17, 15) is 9.59 Å². The van der Waals surface area contributed by atoms with Gasteiger partial charge in [-0.3, -0.25) is 14.6 Å². The Morgan fingerprint density at radius 3 is 2.46 bits per heavy atom. The van der Waals surface area contributed by atoms with Gasteiger partial charge in [0.2, 0.25) is 0 Å². The van der Waals surface area contributed by atoms with Crippen molar-refractivity contribution in [3.63, 3.8) is 0 Å². The number of carbonyl (C=O) groups excluding carboxylic acids is 2. The molecule has 2 saturated heterocycles. The first-order valence-electron chi connectivity index (χ1n) is 12.9.